The Morgan fingerprint density at radius 2 is 1.26 bits per heavy atom. The van der Waals surface area contributed by atoms with E-state index in [1.54, 1.807) is 0 Å². The van der Waals surface area contributed by atoms with Crippen molar-refractivity contribution in [1.82, 2.24) is 0 Å². The third-order valence-corrected chi connectivity index (χ3v) is 3.00. The minimum Gasteiger partial charge on any atom is -0.456 e. The van der Waals surface area contributed by atoms with Crippen molar-refractivity contribution in [2.24, 2.45) is 0 Å². The Morgan fingerprint density at radius 1 is 0.826 bits per heavy atom. The van der Waals surface area contributed by atoms with Crippen LogP contribution in [0.3, 0.4) is 0 Å². The first kappa shape index (κ1) is 19.0. The first-order valence-corrected chi connectivity index (χ1v) is 6.96. The highest BCUT2D eigenvalue weighted by molar-refractivity contribution is 5.76. The van der Waals surface area contributed by atoms with Crippen LogP contribution in [-0.4, -0.2) is 59.5 Å². The summed E-state index contributed by atoms with van der Waals surface area (Å²) in [6.45, 7) is 4.62. The van der Waals surface area contributed by atoms with Gasteiger partial charge in [0.05, 0.1) is 0 Å². The maximum Gasteiger partial charge on any atom is 0.303 e. The zero-order valence-corrected chi connectivity index (χ0v) is 13.3. The lowest BCUT2D eigenvalue weighted by molar-refractivity contribution is -0.291. The molecular weight excluding hydrogens is 312 g/mol. The molecule has 0 aliphatic carbocycles. The van der Waals surface area contributed by atoms with Crippen LogP contribution >= 0.6 is 0 Å². The molecule has 1 rings (SSSR count). The van der Waals surface area contributed by atoms with E-state index in [0.29, 0.717) is 0 Å². The fraction of sp³-hybridized carbons (Fsp3) is 0.714. The molecule has 1 saturated heterocycles. The summed E-state index contributed by atoms with van der Waals surface area (Å²) in [5, 5.41) is 9.99. The molecule has 1 heterocycles. The van der Waals surface area contributed by atoms with Crippen molar-refractivity contribution in [2.45, 2.75) is 64.8 Å². The van der Waals surface area contributed by atoms with Gasteiger partial charge in [-0.2, -0.15) is 0 Å². The van der Waals surface area contributed by atoms with Gasteiger partial charge in [-0.1, -0.05) is 0 Å². The van der Waals surface area contributed by atoms with Crippen molar-refractivity contribution in [2.75, 3.05) is 0 Å². The van der Waals surface area contributed by atoms with Gasteiger partial charge in [-0.05, 0) is 6.92 Å². The average molecular weight is 332 g/mol. The summed E-state index contributed by atoms with van der Waals surface area (Å²) in [7, 11) is 0. The summed E-state index contributed by atoms with van der Waals surface area (Å²) in [5.74, 6) is -2.48. The number of aliphatic hydroxyl groups excluding tert-OH is 1. The van der Waals surface area contributed by atoms with Gasteiger partial charge >= 0.3 is 17.9 Å². The second kappa shape index (κ2) is 8.02. The maximum atomic E-state index is 11.3. The molecule has 0 aromatic carbocycles. The Morgan fingerprint density at radius 3 is 1.70 bits per heavy atom. The van der Waals surface area contributed by atoms with Gasteiger partial charge in [-0.3, -0.25) is 19.2 Å². The molecule has 0 unspecified atom stereocenters. The lowest BCUT2D eigenvalue weighted by Crippen LogP contribution is -2.61. The van der Waals surface area contributed by atoms with E-state index >= 15 is 0 Å². The minimum atomic E-state index is -1.64. The molecule has 9 heteroatoms. The van der Waals surface area contributed by atoms with Crippen molar-refractivity contribution in [3.63, 3.8) is 0 Å². The van der Waals surface area contributed by atoms with Gasteiger partial charge in [0, 0.05) is 27.2 Å². The van der Waals surface area contributed by atoms with E-state index < -0.39 is 48.6 Å². The Hall–Kier alpha value is -2.00. The standard InChI is InChI=1S/C14H20O9/c1-6(15)5-10-11(20-7(2)16)12(21-8(3)17)13(14(19)23-10)22-9(4)18/h10-14,19H,5H2,1-4H3/t10-,11-,12+,13-,14-/m1/s1. The molecule has 0 amide bonds. The number of Topliss-reactive ketones (excluding diaryl/α,β-unsaturated/α-hetero) is 1. The van der Waals surface area contributed by atoms with Crippen molar-refractivity contribution in [1.29, 1.82) is 0 Å². The second-order valence-electron chi connectivity index (χ2n) is 5.19. The molecule has 1 N–H and O–H groups in total. The monoisotopic (exact) mass is 332 g/mol. The lowest BCUT2D eigenvalue weighted by Gasteiger charge is -2.42. The molecule has 23 heavy (non-hydrogen) atoms. The van der Waals surface area contributed by atoms with E-state index in [-0.39, 0.29) is 12.2 Å². The molecule has 1 aliphatic rings. The van der Waals surface area contributed by atoms with Crippen LogP contribution in [0, 0.1) is 0 Å². The Kier molecular flexibility index (Phi) is 6.64. The number of carbonyl (C=O) groups is 4. The summed E-state index contributed by atoms with van der Waals surface area (Å²) in [6, 6.07) is 0. The van der Waals surface area contributed by atoms with Crippen LogP contribution in [0.25, 0.3) is 0 Å². The molecule has 0 aromatic rings. The van der Waals surface area contributed by atoms with Crippen LogP contribution in [0.5, 0.6) is 0 Å². The van der Waals surface area contributed by atoms with Crippen LogP contribution in [0.15, 0.2) is 0 Å². The van der Waals surface area contributed by atoms with E-state index in [9.17, 15) is 24.3 Å². The second-order valence-corrected chi connectivity index (χ2v) is 5.19. The molecule has 0 radical (unpaired) electrons. The van der Waals surface area contributed by atoms with Crippen molar-refractivity contribution in [3.05, 3.63) is 0 Å². The van der Waals surface area contributed by atoms with Crippen molar-refractivity contribution < 1.29 is 43.2 Å². The molecule has 1 fully saturated rings. The highest BCUT2D eigenvalue weighted by atomic mass is 16.7. The quantitative estimate of drug-likeness (QED) is 0.522. The molecule has 0 aromatic heterocycles. The van der Waals surface area contributed by atoms with Crippen LogP contribution < -0.4 is 0 Å². The Labute approximate surface area is 132 Å². The van der Waals surface area contributed by atoms with Crippen LogP contribution in [0.4, 0.5) is 0 Å². The number of hydrogen-bond acceptors (Lipinski definition) is 9. The first-order chi connectivity index (χ1) is 10.6. The molecule has 9 nitrogen and oxygen atoms in total. The number of aliphatic hydroxyl groups is 1. The number of esters is 3. The van der Waals surface area contributed by atoms with Gasteiger partial charge in [0.25, 0.3) is 0 Å². The van der Waals surface area contributed by atoms with Gasteiger partial charge in [-0.15, -0.1) is 0 Å². The fourth-order valence-corrected chi connectivity index (χ4v) is 2.32. The minimum absolute atomic E-state index is 0.181. The van der Waals surface area contributed by atoms with E-state index in [1.807, 2.05) is 0 Å². The highest BCUT2D eigenvalue weighted by Crippen LogP contribution is 2.29. The number of carbonyl (C=O) groups excluding carboxylic acids is 4. The van der Waals surface area contributed by atoms with E-state index in [1.165, 1.54) is 6.92 Å². The van der Waals surface area contributed by atoms with E-state index in [4.69, 9.17) is 18.9 Å². The highest BCUT2D eigenvalue weighted by Gasteiger charge is 2.51. The number of ether oxygens (including phenoxy) is 4. The van der Waals surface area contributed by atoms with Crippen molar-refractivity contribution >= 4 is 23.7 Å². The third kappa shape index (κ3) is 5.61. The zero-order valence-electron chi connectivity index (χ0n) is 13.3. The topological polar surface area (TPSA) is 125 Å². The number of ketones is 1. The van der Waals surface area contributed by atoms with Crippen LogP contribution in [0.2, 0.25) is 0 Å². The fourth-order valence-electron chi connectivity index (χ4n) is 2.32. The van der Waals surface area contributed by atoms with Gasteiger partial charge < -0.3 is 24.1 Å². The SMILES string of the molecule is CC(=O)C[C@H]1O[C@@H](O)[C@H](OC(C)=O)[C@@H](OC(C)=O)[C@@H]1OC(C)=O. The summed E-state index contributed by atoms with van der Waals surface area (Å²) in [4.78, 5) is 45.2. The van der Waals surface area contributed by atoms with Gasteiger partial charge in [-0.25, -0.2) is 0 Å². The van der Waals surface area contributed by atoms with E-state index in [2.05, 4.69) is 0 Å². The predicted molar refractivity (Wildman–Crippen MR) is 72.8 cm³/mol. The largest absolute Gasteiger partial charge is 0.456 e. The van der Waals surface area contributed by atoms with E-state index in [0.717, 1.165) is 20.8 Å². The lowest BCUT2D eigenvalue weighted by atomic mass is 9.95. The Bertz CT molecular complexity index is 487. The molecule has 5 atom stereocenters. The summed E-state index contributed by atoms with van der Waals surface area (Å²) >= 11 is 0. The molecule has 130 valence electrons. The normalized spacial score (nSPS) is 30.2. The van der Waals surface area contributed by atoms with Gasteiger partial charge in [0.2, 0.25) is 0 Å². The molecule has 1 aliphatic heterocycles. The van der Waals surface area contributed by atoms with Gasteiger partial charge in [0.15, 0.2) is 24.6 Å². The smallest absolute Gasteiger partial charge is 0.303 e. The van der Waals surface area contributed by atoms with Crippen LogP contribution in [0.1, 0.15) is 34.1 Å². The van der Waals surface area contributed by atoms with Crippen LogP contribution in [-0.2, 0) is 38.1 Å². The Balaban J connectivity index is 3.15. The third-order valence-electron chi connectivity index (χ3n) is 3.00. The zero-order chi connectivity index (χ0) is 17.7. The molecule has 0 bridgehead atoms. The maximum absolute atomic E-state index is 11.3. The molecule has 0 saturated carbocycles. The average Bonchev–Trinajstić information content (AvgIpc) is 2.36. The summed E-state index contributed by atoms with van der Waals surface area (Å²) in [5.41, 5.74) is 0. The van der Waals surface area contributed by atoms with Gasteiger partial charge in [0.1, 0.15) is 11.9 Å². The van der Waals surface area contributed by atoms with Crippen molar-refractivity contribution in [3.8, 4) is 0 Å². The number of rotatable bonds is 5. The first-order valence-electron chi connectivity index (χ1n) is 6.96. The molecular formula is C14H20O9. The summed E-state index contributed by atoms with van der Waals surface area (Å²) in [6.07, 6.45) is -6.74. The predicted octanol–water partition coefficient (Wildman–Crippen LogP) is -0.522. The number of hydrogen-bond donors (Lipinski definition) is 1. The molecule has 0 spiro atoms. The summed E-state index contributed by atoms with van der Waals surface area (Å²) < 4.78 is 20.3.